The summed E-state index contributed by atoms with van der Waals surface area (Å²) in [6.45, 7) is 2.55. The van der Waals surface area contributed by atoms with E-state index in [0.717, 1.165) is 14.9 Å². The summed E-state index contributed by atoms with van der Waals surface area (Å²) in [6, 6.07) is 7.66. The van der Waals surface area contributed by atoms with Crippen LogP contribution in [0.15, 0.2) is 33.4 Å². The fourth-order valence-electron chi connectivity index (χ4n) is 1.97. The first-order chi connectivity index (χ1) is 9.51. The number of amides is 1. The van der Waals surface area contributed by atoms with Gasteiger partial charge in [-0.25, -0.2) is 0 Å². The fraction of sp³-hybridized carbons (Fsp3) is 0.267. The molecule has 1 aromatic heterocycles. The number of methoxy groups -OCH3 is 1. The third kappa shape index (κ3) is 3.41. The highest BCUT2D eigenvalue weighted by molar-refractivity contribution is 9.11. The van der Waals surface area contributed by atoms with Crippen LogP contribution < -0.4 is 4.74 Å². The van der Waals surface area contributed by atoms with Crippen molar-refractivity contribution in [3.63, 3.8) is 0 Å². The summed E-state index contributed by atoms with van der Waals surface area (Å²) in [5.41, 5.74) is 2.76. The molecule has 106 valence electrons. The van der Waals surface area contributed by atoms with Crippen molar-refractivity contribution in [3.8, 4) is 5.75 Å². The highest BCUT2D eigenvalue weighted by Crippen LogP contribution is 2.24. The molecule has 0 radical (unpaired) electrons. The number of hydrogen-bond acceptors (Lipinski definition) is 3. The zero-order valence-corrected chi connectivity index (χ0v) is 14.0. The minimum absolute atomic E-state index is 0.0344. The lowest BCUT2D eigenvalue weighted by Gasteiger charge is -2.18. The molecule has 0 fully saturated rings. The molecule has 1 aromatic carbocycles. The summed E-state index contributed by atoms with van der Waals surface area (Å²) in [4.78, 5) is 14.2. The van der Waals surface area contributed by atoms with Gasteiger partial charge >= 0.3 is 0 Å². The molecule has 2 rings (SSSR count). The number of nitrogens with zero attached hydrogens (tertiary/aromatic N) is 1. The van der Waals surface area contributed by atoms with E-state index >= 15 is 0 Å². The first kappa shape index (κ1) is 15.1. The summed E-state index contributed by atoms with van der Waals surface area (Å²) >= 11 is 5.05. The van der Waals surface area contributed by atoms with Crippen molar-refractivity contribution in [2.24, 2.45) is 0 Å². The Morgan fingerprint density at radius 1 is 1.40 bits per heavy atom. The van der Waals surface area contributed by atoms with Crippen LogP contribution in [0.1, 0.15) is 21.5 Å². The second-order valence-corrected chi connectivity index (χ2v) is 6.91. The SMILES string of the molecule is COc1ccc(C)cc1C(=O)N(C)Cc1csc(Br)c1. The predicted octanol–water partition coefficient (Wildman–Crippen LogP) is 4.10. The number of rotatable bonds is 4. The van der Waals surface area contributed by atoms with Gasteiger partial charge in [0.2, 0.25) is 0 Å². The van der Waals surface area contributed by atoms with Crippen LogP contribution in [0.3, 0.4) is 0 Å². The average Bonchev–Trinajstić information content (AvgIpc) is 2.83. The predicted molar refractivity (Wildman–Crippen MR) is 85.5 cm³/mol. The second-order valence-electron chi connectivity index (χ2n) is 4.62. The molecular weight excluding hydrogens is 338 g/mol. The number of thiophene rings is 1. The molecule has 2 aromatic rings. The maximum Gasteiger partial charge on any atom is 0.257 e. The number of benzene rings is 1. The maximum absolute atomic E-state index is 12.5. The number of aryl methyl sites for hydroxylation is 1. The quantitative estimate of drug-likeness (QED) is 0.827. The van der Waals surface area contributed by atoms with Gasteiger partial charge in [-0.05, 0) is 52.0 Å². The van der Waals surface area contributed by atoms with Gasteiger partial charge in [0.1, 0.15) is 5.75 Å². The van der Waals surface area contributed by atoms with Crippen molar-refractivity contribution in [1.82, 2.24) is 4.90 Å². The Hall–Kier alpha value is -1.33. The molecule has 1 heterocycles. The molecule has 0 saturated carbocycles. The lowest BCUT2D eigenvalue weighted by Crippen LogP contribution is -2.26. The molecule has 3 nitrogen and oxygen atoms in total. The molecule has 0 spiro atoms. The molecule has 0 aliphatic heterocycles. The third-order valence-corrected chi connectivity index (χ3v) is 4.53. The van der Waals surface area contributed by atoms with Crippen LogP contribution in [-0.4, -0.2) is 25.0 Å². The first-order valence-corrected chi connectivity index (χ1v) is 7.81. The second kappa shape index (κ2) is 6.41. The molecule has 0 atom stereocenters. The van der Waals surface area contributed by atoms with Gasteiger partial charge in [-0.15, -0.1) is 11.3 Å². The average molecular weight is 354 g/mol. The Kier molecular flexibility index (Phi) is 4.83. The van der Waals surface area contributed by atoms with Gasteiger partial charge in [-0.1, -0.05) is 11.6 Å². The summed E-state index contributed by atoms with van der Waals surface area (Å²) in [5, 5.41) is 2.04. The maximum atomic E-state index is 12.5. The molecule has 0 bridgehead atoms. The smallest absolute Gasteiger partial charge is 0.257 e. The van der Waals surface area contributed by atoms with Crippen LogP contribution >= 0.6 is 27.3 Å². The van der Waals surface area contributed by atoms with Crippen molar-refractivity contribution in [3.05, 3.63) is 50.1 Å². The highest BCUT2D eigenvalue weighted by Gasteiger charge is 2.17. The largest absolute Gasteiger partial charge is 0.496 e. The summed E-state index contributed by atoms with van der Waals surface area (Å²) in [7, 11) is 3.38. The first-order valence-electron chi connectivity index (χ1n) is 6.14. The molecule has 1 amide bonds. The van der Waals surface area contributed by atoms with Crippen molar-refractivity contribution < 1.29 is 9.53 Å². The summed E-state index contributed by atoms with van der Waals surface area (Å²) < 4.78 is 6.34. The van der Waals surface area contributed by atoms with Gasteiger partial charge in [0.25, 0.3) is 5.91 Å². The van der Waals surface area contributed by atoms with Gasteiger partial charge in [-0.3, -0.25) is 4.79 Å². The Morgan fingerprint density at radius 2 is 2.15 bits per heavy atom. The van der Waals surface area contributed by atoms with Crippen molar-refractivity contribution >= 4 is 33.2 Å². The van der Waals surface area contributed by atoms with E-state index in [1.165, 1.54) is 0 Å². The molecule has 0 unspecified atom stereocenters. The number of carbonyl (C=O) groups excluding carboxylic acids is 1. The van der Waals surface area contributed by atoms with Gasteiger partial charge in [0.15, 0.2) is 0 Å². The van der Waals surface area contributed by atoms with Gasteiger partial charge < -0.3 is 9.64 Å². The van der Waals surface area contributed by atoms with E-state index in [-0.39, 0.29) is 5.91 Å². The molecule has 0 N–H and O–H groups in total. The molecule has 0 aliphatic rings. The fourth-order valence-corrected chi connectivity index (χ4v) is 3.17. The number of hydrogen-bond donors (Lipinski definition) is 0. The highest BCUT2D eigenvalue weighted by atomic mass is 79.9. The van der Waals surface area contributed by atoms with E-state index in [1.54, 1.807) is 30.4 Å². The van der Waals surface area contributed by atoms with Crippen LogP contribution in [0, 0.1) is 6.92 Å². The minimum atomic E-state index is -0.0344. The third-order valence-electron chi connectivity index (χ3n) is 2.97. The van der Waals surface area contributed by atoms with Crippen molar-refractivity contribution in [2.75, 3.05) is 14.2 Å². The van der Waals surface area contributed by atoms with E-state index < -0.39 is 0 Å². The minimum Gasteiger partial charge on any atom is -0.496 e. The Morgan fingerprint density at radius 3 is 2.75 bits per heavy atom. The zero-order chi connectivity index (χ0) is 14.7. The van der Waals surface area contributed by atoms with Crippen LogP contribution in [0.4, 0.5) is 0 Å². The van der Waals surface area contributed by atoms with Crippen LogP contribution in [0.25, 0.3) is 0 Å². The summed E-state index contributed by atoms with van der Waals surface area (Å²) in [6.07, 6.45) is 0. The Bertz CT molecular complexity index is 624. The van der Waals surface area contributed by atoms with Gasteiger partial charge in [-0.2, -0.15) is 0 Å². The Balaban J connectivity index is 2.20. The van der Waals surface area contributed by atoms with Crippen LogP contribution in [0.5, 0.6) is 5.75 Å². The molecule has 5 heteroatoms. The van der Waals surface area contributed by atoms with Gasteiger partial charge in [0, 0.05) is 13.6 Å². The number of ether oxygens (including phenoxy) is 1. The van der Waals surface area contributed by atoms with Crippen LogP contribution in [0.2, 0.25) is 0 Å². The topological polar surface area (TPSA) is 29.5 Å². The monoisotopic (exact) mass is 353 g/mol. The lowest BCUT2D eigenvalue weighted by atomic mass is 10.1. The van der Waals surface area contributed by atoms with E-state index in [4.69, 9.17) is 4.74 Å². The molecule has 0 aliphatic carbocycles. The van der Waals surface area contributed by atoms with Crippen molar-refractivity contribution in [2.45, 2.75) is 13.5 Å². The molecular formula is C15H16BrNO2S. The normalized spacial score (nSPS) is 10.4. The summed E-state index contributed by atoms with van der Waals surface area (Å²) in [5.74, 6) is 0.576. The van der Waals surface area contributed by atoms with Gasteiger partial charge in [0.05, 0.1) is 16.5 Å². The molecule has 20 heavy (non-hydrogen) atoms. The standard InChI is InChI=1S/C15H16BrNO2S/c1-10-4-5-13(19-3)12(6-10)15(18)17(2)8-11-7-14(16)20-9-11/h4-7,9H,8H2,1-3H3. The lowest BCUT2D eigenvalue weighted by molar-refractivity contribution is 0.0782. The van der Waals surface area contributed by atoms with E-state index in [0.29, 0.717) is 17.9 Å². The van der Waals surface area contributed by atoms with Crippen LogP contribution in [-0.2, 0) is 6.54 Å². The number of halogens is 1. The van der Waals surface area contributed by atoms with E-state index in [2.05, 4.69) is 15.9 Å². The number of carbonyl (C=O) groups is 1. The molecule has 0 saturated heterocycles. The Labute approximate surface area is 131 Å². The van der Waals surface area contributed by atoms with E-state index in [1.807, 2.05) is 36.6 Å². The zero-order valence-electron chi connectivity index (χ0n) is 11.6. The van der Waals surface area contributed by atoms with E-state index in [9.17, 15) is 4.79 Å². The van der Waals surface area contributed by atoms with Crippen molar-refractivity contribution in [1.29, 1.82) is 0 Å².